The topological polar surface area (TPSA) is 45.0 Å². The summed E-state index contributed by atoms with van der Waals surface area (Å²) >= 11 is 0. The van der Waals surface area contributed by atoms with Crippen LogP contribution >= 0.6 is 0 Å². The van der Waals surface area contributed by atoms with Crippen LogP contribution in [-0.2, 0) is 18.0 Å². The Morgan fingerprint density at radius 1 is 1.11 bits per heavy atom. The molecule has 2 rings (SSSR count). The standard InChI is InChI=1S/C15H13FN2O/c16-15-7-6-13(8-14(15)9-17)10-18-19-11-12-4-2-1-3-5-12/h1-8,18H,10-11H2. The largest absolute Gasteiger partial charge is 0.297 e. The van der Waals surface area contributed by atoms with Crippen molar-refractivity contribution in [3.63, 3.8) is 0 Å². The highest BCUT2D eigenvalue weighted by atomic mass is 19.1. The summed E-state index contributed by atoms with van der Waals surface area (Å²) in [6, 6.07) is 16.0. The number of rotatable bonds is 5. The first-order valence-corrected chi connectivity index (χ1v) is 5.86. The van der Waals surface area contributed by atoms with E-state index in [-0.39, 0.29) is 5.56 Å². The van der Waals surface area contributed by atoms with Crippen LogP contribution in [0.5, 0.6) is 0 Å². The second-order valence-electron chi connectivity index (χ2n) is 4.02. The third-order valence-electron chi connectivity index (χ3n) is 2.61. The molecule has 0 aliphatic rings. The normalized spacial score (nSPS) is 10.1. The van der Waals surface area contributed by atoms with Crippen LogP contribution in [0.1, 0.15) is 16.7 Å². The van der Waals surface area contributed by atoms with Gasteiger partial charge in [0.05, 0.1) is 12.2 Å². The Bertz CT molecular complexity index is 578. The summed E-state index contributed by atoms with van der Waals surface area (Å²) in [5.41, 5.74) is 4.69. The molecular weight excluding hydrogens is 243 g/mol. The zero-order chi connectivity index (χ0) is 13.5. The van der Waals surface area contributed by atoms with E-state index >= 15 is 0 Å². The van der Waals surface area contributed by atoms with E-state index in [1.165, 1.54) is 12.1 Å². The lowest BCUT2D eigenvalue weighted by atomic mass is 10.1. The van der Waals surface area contributed by atoms with Gasteiger partial charge in [-0.2, -0.15) is 10.7 Å². The summed E-state index contributed by atoms with van der Waals surface area (Å²) in [6.45, 7) is 0.870. The number of hydrogen-bond donors (Lipinski definition) is 1. The Kier molecular flexibility index (Phi) is 4.62. The lowest BCUT2D eigenvalue weighted by molar-refractivity contribution is 0.0235. The van der Waals surface area contributed by atoms with Gasteiger partial charge in [-0.1, -0.05) is 36.4 Å². The lowest BCUT2D eigenvalue weighted by Gasteiger charge is -2.06. The van der Waals surface area contributed by atoms with Gasteiger partial charge in [-0.15, -0.1) is 0 Å². The van der Waals surface area contributed by atoms with E-state index < -0.39 is 5.82 Å². The van der Waals surface area contributed by atoms with Gasteiger partial charge in [-0.3, -0.25) is 4.84 Å². The molecule has 1 N–H and O–H groups in total. The van der Waals surface area contributed by atoms with E-state index in [0.717, 1.165) is 11.1 Å². The van der Waals surface area contributed by atoms with Crippen molar-refractivity contribution in [2.24, 2.45) is 0 Å². The molecule has 96 valence electrons. The molecule has 0 aliphatic carbocycles. The number of benzene rings is 2. The first-order valence-electron chi connectivity index (χ1n) is 5.86. The van der Waals surface area contributed by atoms with Gasteiger partial charge in [0, 0.05) is 6.54 Å². The Morgan fingerprint density at radius 3 is 2.63 bits per heavy atom. The minimum Gasteiger partial charge on any atom is -0.297 e. The fourth-order valence-electron chi connectivity index (χ4n) is 1.61. The van der Waals surface area contributed by atoms with Gasteiger partial charge in [-0.05, 0) is 23.3 Å². The van der Waals surface area contributed by atoms with Gasteiger partial charge in [0.2, 0.25) is 0 Å². The van der Waals surface area contributed by atoms with Crippen LogP contribution in [0.15, 0.2) is 48.5 Å². The molecule has 19 heavy (non-hydrogen) atoms. The average Bonchev–Trinajstić information content (AvgIpc) is 2.46. The summed E-state index contributed by atoms with van der Waals surface area (Å²) in [5, 5.41) is 8.72. The molecule has 0 saturated carbocycles. The first kappa shape index (κ1) is 13.2. The molecular formula is C15H13FN2O. The van der Waals surface area contributed by atoms with Crippen LogP contribution in [0.4, 0.5) is 4.39 Å². The first-order chi connectivity index (χ1) is 9.29. The Balaban J connectivity index is 1.82. The third-order valence-corrected chi connectivity index (χ3v) is 2.61. The maximum atomic E-state index is 13.1. The van der Waals surface area contributed by atoms with Crippen molar-refractivity contribution in [2.45, 2.75) is 13.2 Å². The fraction of sp³-hybridized carbons (Fsp3) is 0.133. The van der Waals surface area contributed by atoms with E-state index in [1.54, 1.807) is 6.07 Å². The molecule has 4 heteroatoms. The van der Waals surface area contributed by atoms with Crippen LogP contribution in [0.2, 0.25) is 0 Å². The molecule has 0 unspecified atom stereocenters. The van der Waals surface area contributed by atoms with Crippen molar-refractivity contribution in [1.82, 2.24) is 5.48 Å². The second-order valence-corrected chi connectivity index (χ2v) is 4.02. The molecule has 0 aliphatic heterocycles. The number of hydrogen-bond acceptors (Lipinski definition) is 3. The molecule has 0 aromatic heterocycles. The van der Waals surface area contributed by atoms with Crippen molar-refractivity contribution >= 4 is 0 Å². The van der Waals surface area contributed by atoms with Gasteiger partial charge >= 0.3 is 0 Å². The van der Waals surface area contributed by atoms with Crippen molar-refractivity contribution in [3.8, 4) is 6.07 Å². The van der Waals surface area contributed by atoms with Crippen molar-refractivity contribution in [1.29, 1.82) is 5.26 Å². The summed E-state index contributed by atoms with van der Waals surface area (Å²) in [7, 11) is 0. The van der Waals surface area contributed by atoms with Crippen LogP contribution in [0.25, 0.3) is 0 Å². The van der Waals surface area contributed by atoms with Crippen molar-refractivity contribution in [3.05, 3.63) is 71.0 Å². The van der Waals surface area contributed by atoms with Crippen molar-refractivity contribution in [2.75, 3.05) is 0 Å². The third kappa shape index (κ3) is 3.88. The molecule has 0 saturated heterocycles. The predicted molar refractivity (Wildman–Crippen MR) is 69.2 cm³/mol. The SMILES string of the molecule is N#Cc1cc(CNOCc2ccccc2)ccc1F. The average molecular weight is 256 g/mol. The maximum Gasteiger partial charge on any atom is 0.140 e. The highest BCUT2D eigenvalue weighted by Crippen LogP contribution is 2.09. The molecule has 0 atom stereocenters. The van der Waals surface area contributed by atoms with E-state index in [2.05, 4.69) is 5.48 Å². The Labute approximate surface area is 111 Å². The molecule has 0 spiro atoms. The van der Waals surface area contributed by atoms with Crippen molar-refractivity contribution < 1.29 is 9.23 Å². The lowest BCUT2D eigenvalue weighted by Crippen LogP contribution is -2.14. The summed E-state index contributed by atoms with van der Waals surface area (Å²) in [6.07, 6.45) is 0. The summed E-state index contributed by atoms with van der Waals surface area (Å²) in [5.74, 6) is -0.503. The molecule has 0 radical (unpaired) electrons. The minimum absolute atomic E-state index is 0.0439. The van der Waals surface area contributed by atoms with Gasteiger partial charge in [0.1, 0.15) is 11.9 Å². The van der Waals surface area contributed by atoms with E-state index in [0.29, 0.717) is 13.2 Å². The van der Waals surface area contributed by atoms with Gasteiger partial charge < -0.3 is 0 Å². The fourth-order valence-corrected chi connectivity index (χ4v) is 1.61. The van der Waals surface area contributed by atoms with E-state index in [4.69, 9.17) is 10.1 Å². The number of nitriles is 1. The second kappa shape index (κ2) is 6.64. The highest BCUT2D eigenvalue weighted by molar-refractivity contribution is 5.34. The molecule has 0 fully saturated rings. The number of halogens is 1. The van der Waals surface area contributed by atoms with E-state index in [1.807, 2.05) is 36.4 Å². The molecule has 2 aromatic carbocycles. The monoisotopic (exact) mass is 256 g/mol. The zero-order valence-electron chi connectivity index (χ0n) is 10.3. The highest BCUT2D eigenvalue weighted by Gasteiger charge is 2.02. The molecule has 3 nitrogen and oxygen atoms in total. The van der Waals surface area contributed by atoms with E-state index in [9.17, 15) is 4.39 Å². The summed E-state index contributed by atoms with van der Waals surface area (Å²) in [4.78, 5) is 5.30. The van der Waals surface area contributed by atoms with Crippen LogP contribution in [0, 0.1) is 17.1 Å². The minimum atomic E-state index is -0.503. The predicted octanol–water partition coefficient (Wildman–Crippen LogP) is 2.92. The maximum absolute atomic E-state index is 13.1. The molecule has 0 amide bonds. The quantitative estimate of drug-likeness (QED) is 0.661. The van der Waals surface area contributed by atoms with Crippen LogP contribution in [-0.4, -0.2) is 0 Å². The number of hydroxylamine groups is 1. The van der Waals surface area contributed by atoms with Crippen LogP contribution < -0.4 is 5.48 Å². The summed E-state index contributed by atoms with van der Waals surface area (Å²) < 4.78 is 13.1. The molecule has 2 aromatic rings. The molecule has 0 heterocycles. The number of nitrogens with one attached hydrogen (secondary N) is 1. The van der Waals surface area contributed by atoms with Gasteiger partial charge in [-0.25, -0.2) is 4.39 Å². The Hall–Kier alpha value is -2.22. The van der Waals surface area contributed by atoms with Gasteiger partial charge in [0.15, 0.2) is 0 Å². The van der Waals surface area contributed by atoms with Crippen LogP contribution in [0.3, 0.4) is 0 Å². The molecule has 0 bridgehead atoms. The smallest absolute Gasteiger partial charge is 0.140 e. The number of nitrogens with zero attached hydrogens (tertiary/aromatic N) is 1. The zero-order valence-corrected chi connectivity index (χ0v) is 10.3. The van der Waals surface area contributed by atoms with Gasteiger partial charge in [0.25, 0.3) is 0 Å². The Morgan fingerprint density at radius 2 is 1.89 bits per heavy atom.